The third-order valence-electron chi connectivity index (χ3n) is 2.97. The molecule has 2 rings (SSSR count). The molecule has 2 aromatic heterocycles. The van der Waals surface area contributed by atoms with E-state index in [0.717, 1.165) is 16.8 Å². The molecule has 0 amide bonds. The highest BCUT2D eigenvalue weighted by Gasteiger charge is 2.20. The van der Waals surface area contributed by atoms with Crippen LogP contribution in [-0.2, 0) is 7.05 Å². The summed E-state index contributed by atoms with van der Waals surface area (Å²) < 4.78 is 7.03. The number of hydrogen-bond acceptors (Lipinski definition) is 4. The summed E-state index contributed by atoms with van der Waals surface area (Å²) >= 11 is 0. The van der Waals surface area contributed by atoms with Crippen molar-refractivity contribution in [2.75, 3.05) is 12.8 Å². The molecule has 96 valence electrons. The van der Waals surface area contributed by atoms with Crippen molar-refractivity contribution in [3.8, 4) is 17.0 Å². The Labute approximate surface area is 107 Å². The summed E-state index contributed by atoms with van der Waals surface area (Å²) in [6.07, 6.45) is 3.41. The highest BCUT2D eigenvalue weighted by atomic mass is 16.5. The number of nitrogens with zero attached hydrogens (tertiary/aromatic N) is 3. The molecular formula is C13H18N4O. The van der Waals surface area contributed by atoms with Crippen molar-refractivity contribution in [1.29, 1.82) is 0 Å². The quantitative estimate of drug-likeness (QED) is 0.901. The Morgan fingerprint density at radius 3 is 2.72 bits per heavy atom. The molecule has 18 heavy (non-hydrogen) atoms. The third-order valence-corrected chi connectivity index (χ3v) is 2.97. The molecular weight excluding hydrogens is 228 g/mol. The Morgan fingerprint density at radius 2 is 2.11 bits per heavy atom. The second kappa shape index (κ2) is 4.68. The summed E-state index contributed by atoms with van der Waals surface area (Å²) in [6, 6.07) is 1.90. The number of nitrogens with two attached hydrogens (primary N) is 1. The van der Waals surface area contributed by atoms with Crippen molar-refractivity contribution in [1.82, 2.24) is 14.8 Å². The Hall–Kier alpha value is -2.04. The summed E-state index contributed by atoms with van der Waals surface area (Å²) in [5.41, 5.74) is 8.91. The maximum absolute atomic E-state index is 6.08. The van der Waals surface area contributed by atoms with Crippen LogP contribution in [0.1, 0.15) is 25.3 Å². The number of methoxy groups -OCH3 is 1. The Balaban J connectivity index is 2.67. The minimum absolute atomic E-state index is 0.298. The lowest BCUT2D eigenvalue weighted by Crippen LogP contribution is -2.00. The molecule has 0 aromatic carbocycles. The first-order valence-electron chi connectivity index (χ1n) is 5.87. The predicted octanol–water partition coefficient (Wildman–Crippen LogP) is 2.20. The average molecular weight is 246 g/mol. The molecule has 2 N–H and O–H groups in total. The fourth-order valence-electron chi connectivity index (χ4n) is 2.06. The monoisotopic (exact) mass is 246 g/mol. The van der Waals surface area contributed by atoms with E-state index in [4.69, 9.17) is 10.5 Å². The second-order valence-corrected chi connectivity index (χ2v) is 4.50. The first kappa shape index (κ1) is 12.4. The molecule has 5 nitrogen and oxygen atoms in total. The lowest BCUT2D eigenvalue weighted by molar-refractivity contribution is 0.414. The molecule has 0 aliphatic heterocycles. The molecule has 0 saturated heterocycles. The molecule has 0 fully saturated rings. The Bertz CT molecular complexity index is 560. The average Bonchev–Trinajstić information content (AvgIpc) is 2.65. The smallest absolute Gasteiger partial charge is 0.146 e. The van der Waals surface area contributed by atoms with Crippen LogP contribution in [0.3, 0.4) is 0 Å². The number of ether oxygens (including phenoxy) is 1. The summed E-state index contributed by atoms with van der Waals surface area (Å²) in [5, 5.41) is 4.49. The van der Waals surface area contributed by atoms with E-state index in [1.165, 1.54) is 0 Å². The molecule has 2 aromatic rings. The molecule has 0 saturated carbocycles. The van der Waals surface area contributed by atoms with Crippen molar-refractivity contribution in [3.63, 3.8) is 0 Å². The highest BCUT2D eigenvalue weighted by Crippen LogP contribution is 2.36. The highest BCUT2D eigenvalue weighted by molar-refractivity contribution is 5.73. The van der Waals surface area contributed by atoms with Gasteiger partial charge in [-0.25, -0.2) is 0 Å². The van der Waals surface area contributed by atoms with Crippen molar-refractivity contribution >= 4 is 5.82 Å². The maximum atomic E-state index is 6.08. The summed E-state index contributed by atoms with van der Waals surface area (Å²) in [7, 11) is 3.47. The van der Waals surface area contributed by atoms with E-state index in [2.05, 4.69) is 23.9 Å². The van der Waals surface area contributed by atoms with E-state index in [1.807, 2.05) is 13.1 Å². The standard InChI is InChI=1S/C13H18N4O/c1-8(2)11-12(16-17(3)13(11)14)9-5-6-15-7-10(9)18-4/h5-8H,14H2,1-4H3. The largest absolute Gasteiger partial charge is 0.494 e. The van der Waals surface area contributed by atoms with Crippen LogP contribution in [0.25, 0.3) is 11.3 Å². The minimum Gasteiger partial charge on any atom is -0.494 e. The number of aromatic nitrogens is 3. The van der Waals surface area contributed by atoms with Crippen LogP contribution in [0.5, 0.6) is 5.75 Å². The predicted molar refractivity (Wildman–Crippen MR) is 71.5 cm³/mol. The van der Waals surface area contributed by atoms with Crippen molar-refractivity contribution in [2.24, 2.45) is 7.05 Å². The topological polar surface area (TPSA) is 66.0 Å². The van der Waals surface area contributed by atoms with Crippen LogP contribution < -0.4 is 10.5 Å². The molecule has 0 radical (unpaired) electrons. The second-order valence-electron chi connectivity index (χ2n) is 4.50. The van der Waals surface area contributed by atoms with Gasteiger partial charge in [0.25, 0.3) is 0 Å². The fourth-order valence-corrected chi connectivity index (χ4v) is 2.06. The molecule has 0 atom stereocenters. The van der Waals surface area contributed by atoms with Gasteiger partial charge >= 0.3 is 0 Å². The molecule has 0 bridgehead atoms. The zero-order valence-corrected chi connectivity index (χ0v) is 11.1. The number of rotatable bonds is 3. The van der Waals surface area contributed by atoms with Crippen LogP contribution in [0.4, 0.5) is 5.82 Å². The van der Waals surface area contributed by atoms with Gasteiger partial charge < -0.3 is 10.5 Å². The lowest BCUT2D eigenvalue weighted by Gasteiger charge is -2.09. The van der Waals surface area contributed by atoms with Crippen LogP contribution in [0.15, 0.2) is 18.5 Å². The van der Waals surface area contributed by atoms with E-state index in [1.54, 1.807) is 24.2 Å². The van der Waals surface area contributed by atoms with Crippen LogP contribution in [0, 0.1) is 0 Å². The van der Waals surface area contributed by atoms with E-state index in [-0.39, 0.29) is 0 Å². The first-order valence-corrected chi connectivity index (χ1v) is 5.87. The zero-order chi connectivity index (χ0) is 13.3. The molecule has 0 aliphatic rings. The van der Waals surface area contributed by atoms with E-state index in [9.17, 15) is 0 Å². The van der Waals surface area contributed by atoms with Gasteiger partial charge in [0.05, 0.1) is 13.3 Å². The normalized spacial score (nSPS) is 10.9. The van der Waals surface area contributed by atoms with Gasteiger partial charge in [0.15, 0.2) is 0 Å². The third kappa shape index (κ3) is 1.92. The Kier molecular flexibility index (Phi) is 3.23. The van der Waals surface area contributed by atoms with Crippen molar-refractivity contribution in [3.05, 3.63) is 24.0 Å². The van der Waals surface area contributed by atoms with Crippen LogP contribution in [0.2, 0.25) is 0 Å². The van der Waals surface area contributed by atoms with Gasteiger partial charge in [-0.3, -0.25) is 9.67 Å². The molecule has 0 aliphatic carbocycles. The number of nitrogen functional groups attached to an aromatic ring is 1. The van der Waals surface area contributed by atoms with Gasteiger partial charge in [-0.2, -0.15) is 5.10 Å². The van der Waals surface area contributed by atoms with Crippen LogP contribution >= 0.6 is 0 Å². The van der Waals surface area contributed by atoms with Gasteiger partial charge in [0, 0.05) is 24.4 Å². The summed E-state index contributed by atoms with van der Waals surface area (Å²) in [6.45, 7) is 4.20. The molecule has 2 heterocycles. The molecule has 0 spiro atoms. The molecule has 5 heteroatoms. The van der Waals surface area contributed by atoms with Gasteiger partial charge in [-0.15, -0.1) is 0 Å². The van der Waals surface area contributed by atoms with Gasteiger partial charge in [0.2, 0.25) is 0 Å². The SMILES string of the molecule is COc1cnccc1-c1nn(C)c(N)c1C(C)C. The molecule has 0 unspecified atom stereocenters. The lowest BCUT2D eigenvalue weighted by atomic mass is 9.99. The fraction of sp³-hybridized carbons (Fsp3) is 0.385. The first-order chi connectivity index (χ1) is 8.56. The van der Waals surface area contributed by atoms with Gasteiger partial charge in [-0.1, -0.05) is 13.8 Å². The van der Waals surface area contributed by atoms with Crippen molar-refractivity contribution < 1.29 is 4.74 Å². The van der Waals surface area contributed by atoms with Gasteiger partial charge in [0.1, 0.15) is 17.3 Å². The summed E-state index contributed by atoms with van der Waals surface area (Å²) in [4.78, 5) is 4.05. The maximum Gasteiger partial charge on any atom is 0.146 e. The van der Waals surface area contributed by atoms with E-state index in [0.29, 0.717) is 17.5 Å². The minimum atomic E-state index is 0.298. The number of anilines is 1. The number of hydrogen-bond donors (Lipinski definition) is 1. The van der Waals surface area contributed by atoms with Crippen molar-refractivity contribution in [2.45, 2.75) is 19.8 Å². The van der Waals surface area contributed by atoms with Crippen LogP contribution in [-0.4, -0.2) is 21.9 Å². The number of aryl methyl sites for hydroxylation is 1. The van der Waals surface area contributed by atoms with E-state index < -0.39 is 0 Å². The number of pyridine rings is 1. The van der Waals surface area contributed by atoms with Gasteiger partial charge in [-0.05, 0) is 12.0 Å². The summed E-state index contributed by atoms with van der Waals surface area (Å²) in [5.74, 6) is 1.70. The van der Waals surface area contributed by atoms with E-state index >= 15 is 0 Å². The Morgan fingerprint density at radius 1 is 1.39 bits per heavy atom. The zero-order valence-electron chi connectivity index (χ0n) is 11.1.